The summed E-state index contributed by atoms with van der Waals surface area (Å²) in [6.45, 7) is 3.54. The van der Waals surface area contributed by atoms with Crippen LogP contribution in [0, 0.1) is 10.1 Å². The van der Waals surface area contributed by atoms with E-state index >= 15 is 0 Å². The smallest absolute Gasteiger partial charge is 0.433 e. The third kappa shape index (κ3) is 3.33. The van der Waals surface area contributed by atoms with E-state index in [-0.39, 0.29) is 11.2 Å². The number of hydrogen-bond acceptors (Lipinski definition) is 7. The van der Waals surface area contributed by atoms with Crippen molar-refractivity contribution >= 4 is 23.3 Å². The first kappa shape index (κ1) is 18.4. The number of nitro groups is 1. The van der Waals surface area contributed by atoms with Gasteiger partial charge in [0.2, 0.25) is 5.76 Å². The van der Waals surface area contributed by atoms with Crippen molar-refractivity contribution in [3.63, 3.8) is 0 Å². The molecule has 0 unspecified atom stereocenters. The second-order valence-corrected chi connectivity index (χ2v) is 6.67. The summed E-state index contributed by atoms with van der Waals surface area (Å²) in [5, 5.41) is 10.6. The van der Waals surface area contributed by atoms with E-state index in [4.69, 9.17) is 9.15 Å². The lowest BCUT2D eigenvalue weighted by molar-refractivity contribution is -0.402. The Morgan fingerprint density at radius 2 is 1.96 bits per heavy atom. The van der Waals surface area contributed by atoms with Crippen molar-refractivity contribution < 1.29 is 23.7 Å². The molecule has 2 aromatic rings. The summed E-state index contributed by atoms with van der Waals surface area (Å²) in [5.74, 6) is -2.22. The molecule has 0 N–H and O–H groups in total. The predicted molar refractivity (Wildman–Crippen MR) is 96.6 cm³/mol. The largest absolute Gasteiger partial charge is 0.451 e. The molecule has 3 rings (SSSR count). The SMILES string of the molecule is CN1/C(=C/C(=O)COC(=O)c2ccc([N+](=O)[O-])o2)C(C)(C)c2ccccc21. The molecule has 0 spiro atoms. The Bertz CT molecular complexity index is 957. The van der Waals surface area contributed by atoms with Gasteiger partial charge in [0.25, 0.3) is 0 Å². The number of likely N-dealkylation sites (N-methyl/N-ethyl adjacent to an activating group) is 1. The number of rotatable bonds is 5. The summed E-state index contributed by atoms with van der Waals surface area (Å²) >= 11 is 0. The number of carbonyl (C=O) groups is 2. The average Bonchev–Trinajstić information content (AvgIpc) is 3.19. The number of para-hydroxylation sites is 1. The number of furan rings is 1. The van der Waals surface area contributed by atoms with Gasteiger partial charge in [-0.05, 0) is 17.7 Å². The fourth-order valence-electron chi connectivity index (χ4n) is 3.20. The summed E-state index contributed by atoms with van der Waals surface area (Å²) < 4.78 is 9.66. The number of nitrogens with zero attached hydrogens (tertiary/aromatic N) is 2. The number of benzene rings is 1. The maximum absolute atomic E-state index is 12.3. The van der Waals surface area contributed by atoms with Gasteiger partial charge in [-0.25, -0.2) is 4.79 Å². The summed E-state index contributed by atoms with van der Waals surface area (Å²) in [7, 11) is 1.88. The van der Waals surface area contributed by atoms with Gasteiger partial charge in [0.1, 0.15) is 4.92 Å². The zero-order chi connectivity index (χ0) is 19.8. The van der Waals surface area contributed by atoms with Gasteiger partial charge >= 0.3 is 11.9 Å². The van der Waals surface area contributed by atoms with Crippen molar-refractivity contribution in [3.05, 3.63) is 69.6 Å². The van der Waals surface area contributed by atoms with Gasteiger partial charge in [-0.1, -0.05) is 32.0 Å². The Morgan fingerprint density at radius 3 is 2.59 bits per heavy atom. The minimum absolute atomic E-state index is 0.326. The highest BCUT2D eigenvalue weighted by atomic mass is 16.7. The lowest BCUT2D eigenvalue weighted by Gasteiger charge is -2.23. The zero-order valence-electron chi connectivity index (χ0n) is 15.1. The first-order valence-electron chi connectivity index (χ1n) is 8.21. The molecular weight excluding hydrogens is 352 g/mol. The average molecular weight is 370 g/mol. The quantitative estimate of drug-likeness (QED) is 0.344. The van der Waals surface area contributed by atoms with Crippen LogP contribution in [0.5, 0.6) is 0 Å². The molecule has 0 atom stereocenters. The van der Waals surface area contributed by atoms with E-state index < -0.39 is 29.2 Å². The highest BCUT2D eigenvalue weighted by Gasteiger charge is 2.38. The second kappa shape index (κ2) is 6.71. The molecule has 0 fully saturated rings. The number of ketones is 1. The van der Waals surface area contributed by atoms with Gasteiger partial charge in [0.15, 0.2) is 12.4 Å². The molecule has 2 heterocycles. The van der Waals surface area contributed by atoms with E-state index in [2.05, 4.69) is 0 Å². The minimum Gasteiger partial charge on any atom is -0.451 e. The summed E-state index contributed by atoms with van der Waals surface area (Å²) in [6, 6.07) is 10.1. The Labute approximate surface area is 155 Å². The summed E-state index contributed by atoms with van der Waals surface area (Å²) in [6.07, 6.45) is 1.46. The van der Waals surface area contributed by atoms with E-state index in [1.807, 2.05) is 50.1 Å². The van der Waals surface area contributed by atoms with Crippen LogP contribution in [0.25, 0.3) is 0 Å². The van der Waals surface area contributed by atoms with E-state index in [0.717, 1.165) is 29.1 Å². The topological polar surface area (TPSA) is 103 Å². The van der Waals surface area contributed by atoms with Crippen LogP contribution in [-0.4, -0.2) is 30.3 Å². The summed E-state index contributed by atoms with van der Waals surface area (Å²) in [5.41, 5.74) is 2.54. The number of esters is 1. The molecule has 0 saturated carbocycles. The van der Waals surface area contributed by atoms with Gasteiger partial charge in [0, 0.05) is 29.9 Å². The molecular formula is C19H18N2O6. The maximum Gasteiger partial charge on any atom is 0.433 e. The molecule has 0 saturated heterocycles. The third-order valence-corrected chi connectivity index (χ3v) is 4.56. The highest BCUT2D eigenvalue weighted by molar-refractivity contribution is 5.96. The molecule has 1 aliphatic rings. The first-order chi connectivity index (χ1) is 12.7. The number of ether oxygens (including phenoxy) is 1. The zero-order valence-corrected chi connectivity index (χ0v) is 15.1. The lowest BCUT2D eigenvalue weighted by atomic mass is 9.83. The van der Waals surface area contributed by atoms with E-state index in [0.29, 0.717) is 0 Å². The van der Waals surface area contributed by atoms with Crippen molar-refractivity contribution in [3.8, 4) is 0 Å². The van der Waals surface area contributed by atoms with Crippen molar-refractivity contribution in [1.82, 2.24) is 0 Å². The van der Waals surface area contributed by atoms with E-state index in [1.54, 1.807) is 0 Å². The standard InChI is InChI=1S/C19H18N2O6/c1-19(2)13-6-4-5-7-14(13)20(3)16(19)10-12(22)11-26-18(23)15-8-9-17(27-15)21(24)25/h4-10H,11H2,1-3H3/b16-10+. The highest BCUT2D eigenvalue weighted by Crippen LogP contribution is 2.46. The molecule has 8 nitrogen and oxygen atoms in total. The number of carbonyl (C=O) groups excluding carboxylic acids is 2. The lowest BCUT2D eigenvalue weighted by Crippen LogP contribution is -2.25. The van der Waals surface area contributed by atoms with E-state index in [9.17, 15) is 19.7 Å². The van der Waals surface area contributed by atoms with Crippen LogP contribution < -0.4 is 4.90 Å². The minimum atomic E-state index is -0.933. The van der Waals surface area contributed by atoms with Crippen molar-refractivity contribution in [2.45, 2.75) is 19.3 Å². The Balaban J connectivity index is 1.70. The molecule has 0 bridgehead atoms. The first-order valence-corrected chi connectivity index (χ1v) is 8.21. The van der Waals surface area contributed by atoms with Gasteiger partial charge in [-0.15, -0.1) is 0 Å². The van der Waals surface area contributed by atoms with Crippen LogP contribution in [-0.2, 0) is 14.9 Å². The molecule has 1 aliphatic heterocycles. The monoisotopic (exact) mass is 370 g/mol. The van der Waals surface area contributed by atoms with Crippen LogP contribution in [0.1, 0.15) is 30.0 Å². The van der Waals surface area contributed by atoms with Crippen LogP contribution in [0.2, 0.25) is 0 Å². The Morgan fingerprint density at radius 1 is 1.26 bits per heavy atom. The molecule has 1 aromatic heterocycles. The van der Waals surface area contributed by atoms with Gasteiger partial charge in [0.05, 0.1) is 6.07 Å². The molecule has 0 radical (unpaired) electrons. The van der Waals surface area contributed by atoms with Crippen molar-refractivity contribution in [2.75, 3.05) is 18.6 Å². The predicted octanol–water partition coefficient (Wildman–Crippen LogP) is 3.23. The van der Waals surface area contributed by atoms with Crippen LogP contribution >= 0.6 is 0 Å². The summed E-state index contributed by atoms with van der Waals surface area (Å²) in [4.78, 5) is 35.9. The van der Waals surface area contributed by atoms with E-state index in [1.165, 1.54) is 6.08 Å². The third-order valence-electron chi connectivity index (χ3n) is 4.56. The van der Waals surface area contributed by atoms with Crippen LogP contribution in [0.4, 0.5) is 11.6 Å². The Hall–Kier alpha value is -3.42. The van der Waals surface area contributed by atoms with Crippen molar-refractivity contribution in [2.24, 2.45) is 0 Å². The van der Waals surface area contributed by atoms with Gasteiger partial charge in [-0.3, -0.25) is 14.9 Å². The number of fused-ring (bicyclic) bond motifs is 1. The molecule has 8 heteroatoms. The van der Waals surface area contributed by atoms with Crippen LogP contribution in [0.15, 0.2) is 52.6 Å². The Kier molecular flexibility index (Phi) is 4.57. The number of anilines is 1. The fraction of sp³-hybridized carbons (Fsp3) is 0.263. The normalized spacial score (nSPS) is 16.3. The van der Waals surface area contributed by atoms with Crippen molar-refractivity contribution in [1.29, 1.82) is 0 Å². The maximum atomic E-state index is 12.3. The molecule has 27 heavy (non-hydrogen) atoms. The van der Waals surface area contributed by atoms with Gasteiger partial charge in [-0.2, -0.15) is 0 Å². The fourth-order valence-corrected chi connectivity index (χ4v) is 3.20. The second-order valence-electron chi connectivity index (χ2n) is 6.67. The molecule has 0 amide bonds. The van der Waals surface area contributed by atoms with Gasteiger partial charge < -0.3 is 14.1 Å². The number of hydrogen-bond donors (Lipinski definition) is 0. The molecule has 0 aliphatic carbocycles. The molecule has 1 aromatic carbocycles. The molecule has 140 valence electrons. The number of allylic oxidation sites excluding steroid dienone is 1. The van der Waals surface area contributed by atoms with Crippen LogP contribution in [0.3, 0.4) is 0 Å².